The molecule has 0 fully saturated rings. The molecule has 2 aromatic carbocycles. The molecule has 0 atom stereocenters. The first-order chi connectivity index (χ1) is 12.6. The van der Waals surface area contributed by atoms with Crippen LogP contribution in [0.25, 0.3) is 11.3 Å². The maximum Gasteiger partial charge on any atom is 0.204 e. The third-order valence-electron chi connectivity index (χ3n) is 3.91. The Bertz CT molecular complexity index is 845. The zero-order valence-corrected chi connectivity index (χ0v) is 15.2. The Kier molecular flexibility index (Phi) is 5.31. The van der Waals surface area contributed by atoms with E-state index < -0.39 is 0 Å². The Morgan fingerprint density at radius 1 is 0.885 bits per heavy atom. The highest BCUT2D eigenvalue weighted by Crippen LogP contribution is 2.39. The van der Waals surface area contributed by atoms with Gasteiger partial charge in [-0.1, -0.05) is 5.16 Å². The summed E-state index contributed by atoms with van der Waals surface area (Å²) < 4.78 is 27.2. The van der Waals surface area contributed by atoms with Crippen molar-refractivity contribution in [1.29, 1.82) is 0 Å². The van der Waals surface area contributed by atoms with Crippen molar-refractivity contribution in [3.05, 3.63) is 53.8 Å². The van der Waals surface area contributed by atoms with Gasteiger partial charge in [-0.05, 0) is 48.9 Å². The van der Waals surface area contributed by atoms with Crippen molar-refractivity contribution in [1.82, 2.24) is 5.16 Å². The molecular weight excluding hydrogens is 334 g/mol. The lowest BCUT2D eigenvalue weighted by atomic mass is 10.1. The molecule has 0 aliphatic rings. The van der Waals surface area contributed by atoms with Crippen LogP contribution in [0, 0.1) is 6.92 Å². The third-order valence-corrected chi connectivity index (χ3v) is 3.91. The zero-order chi connectivity index (χ0) is 18.5. The van der Waals surface area contributed by atoms with E-state index in [4.69, 9.17) is 23.5 Å². The summed E-state index contributed by atoms with van der Waals surface area (Å²) in [7, 11) is 4.82. The number of nitrogens with zero attached hydrogens (tertiary/aromatic N) is 1. The Labute approximate surface area is 152 Å². The van der Waals surface area contributed by atoms with Gasteiger partial charge in [-0.15, -0.1) is 0 Å². The maximum absolute atomic E-state index is 5.87. The highest BCUT2D eigenvalue weighted by molar-refractivity contribution is 5.60. The number of rotatable bonds is 7. The van der Waals surface area contributed by atoms with Crippen LogP contribution >= 0.6 is 0 Å². The van der Waals surface area contributed by atoms with Crippen LogP contribution in [-0.4, -0.2) is 26.5 Å². The average molecular weight is 355 g/mol. The van der Waals surface area contributed by atoms with E-state index in [1.165, 1.54) is 0 Å². The number of ether oxygens (including phenoxy) is 4. The average Bonchev–Trinajstić information content (AvgIpc) is 3.15. The van der Waals surface area contributed by atoms with Crippen LogP contribution in [-0.2, 0) is 6.61 Å². The number of hydrogen-bond acceptors (Lipinski definition) is 6. The number of aromatic nitrogens is 1. The molecule has 0 aliphatic heterocycles. The van der Waals surface area contributed by atoms with Crippen molar-refractivity contribution in [3.8, 4) is 34.3 Å². The van der Waals surface area contributed by atoms with E-state index in [9.17, 15) is 0 Å². The molecule has 0 amide bonds. The molecule has 0 aliphatic carbocycles. The molecule has 1 aromatic heterocycles. The molecule has 0 radical (unpaired) electrons. The molecule has 1 heterocycles. The van der Waals surface area contributed by atoms with Gasteiger partial charge in [0.15, 0.2) is 17.3 Å². The summed E-state index contributed by atoms with van der Waals surface area (Å²) in [5.41, 5.74) is 2.69. The van der Waals surface area contributed by atoms with E-state index in [1.807, 2.05) is 49.4 Å². The fourth-order valence-electron chi connectivity index (χ4n) is 2.58. The topological polar surface area (TPSA) is 63.0 Å². The Balaban J connectivity index is 1.76. The molecule has 0 N–H and O–H groups in total. The van der Waals surface area contributed by atoms with Gasteiger partial charge >= 0.3 is 0 Å². The molecule has 6 heteroatoms. The van der Waals surface area contributed by atoms with E-state index >= 15 is 0 Å². The minimum absolute atomic E-state index is 0.207. The van der Waals surface area contributed by atoms with Gasteiger partial charge in [-0.25, -0.2) is 0 Å². The van der Waals surface area contributed by atoms with E-state index in [-0.39, 0.29) is 6.61 Å². The minimum Gasteiger partial charge on any atom is -0.497 e. The Morgan fingerprint density at radius 2 is 1.54 bits per heavy atom. The molecule has 0 saturated heterocycles. The van der Waals surface area contributed by atoms with Gasteiger partial charge in [0.2, 0.25) is 5.75 Å². The van der Waals surface area contributed by atoms with Crippen molar-refractivity contribution < 1.29 is 23.5 Å². The normalized spacial score (nSPS) is 10.5. The first-order valence-electron chi connectivity index (χ1n) is 8.10. The summed E-state index contributed by atoms with van der Waals surface area (Å²) in [5.74, 6) is 3.14. The van der Waals surface area contributed by atoms with Gasteiger partial charge in [0.05, 0.1) is 21.3 Å². The summed E-state index contributed by atoms with van der Waals surface area (Å²) in [6, 6.07) is 13.2. The quantitative estimate of drug-likeness (QED) is 0.631. The van der Waals surface area contributed by atoms with Crippen LogP contribution in [0.4, 0.5) is 0 Å². The zero-order valence-electron chi connectivity index (χ0n) is 15.2. The van der Waals surface area contributed by atoms with Crippen LogP contribution in [0.1, 0.15) is 11.3 Å². The predicted molar refractivity (Wildman–Crippen MR) is 97.1 cm³/mol. The van der Waals surface area contributed by atoms with E-state index in [0.29, 0.717) is 23.0 Å². The van der Waals surface area contributed by atoms with Crippen LogP contribution in [0.5, 0.6) is 23.0 Å². The van der Waals surface area contributed by atoms with Gasteiger partial charge in [0.25, 0.3) is 0 Å². The smallest absolute Gasteiger partial charge is 0.204 e. The summed E-state index contributed by atoms with van der Waals surface area (Å²) in [5, 5.41) is 4.10. The van der Waals surface area contributed by atoms with Gasteiger partial charge in [-0.2, -0.15) is 0 Å². The predicted octanol–water partition coefficient (Wildman–Crippen LogP) is 4.25. The van der Waals surface area contributed by atoms with E-state index in [2.05, 4.69) is 5.16 Å². The molecule has 3 aromatic rings. The molecule has 0 bridgehead atoms. The monoisotopic (exact) mass is 355 g/mol. The van der Waals surface area contributed by atoms with Gasteiger partial charge < -0.3 is 23.5 Å². The summed E-state index contributed by atoms with van der Waals surface area (Å²) in [6.07, 6.45) is 0. The van der Waals surface area contributed by atoms with Gasteiger partial charge in [0, 0.05) is 11.6 Å². The third kappa shape index (κ3) is 3.74. The molecule has 6 nitrogen and oxygen atoms in total. The molecule has 0 unspecified atom stereocenters. The number of aryl methyl sites for hydroxylation is 1. The summed E-state index contributed by atoms with van der Waals surface area (Å²) in [6.45, 7) is 2.17. The first kappa shape index (κ1) is 17.7. The van der Waals surface area contributed by atoms with Crippen molar-refractivity contribution in [2.45, 2.75) is 13.5 Å². The van der Waals surface area contributed by atoms with E-state index in [0.717, 1.165) is 22.6 Å². The molecule has 3 rings (SSSR count). The Hall–Kier alpha value is -3.15. The van der Waals surface area contributed by atoms with Crippen molar-refractivity contribution in [3.63, 3.8) is 0 Å². The summed E-state index contributed by atoms with van der Waals surface area (Å²) in [4.78, 5) is 0. The Morgan fingerprint density at radius 3 is 2.12 bits per heavy atom. The van der Waals surface area contributed by atoms with Crippen LogP contribution < -0.4 is 18.9 Å². The van der Waals surface area contributed by atoms with Crippen molar-refractivity contribution >= 4 is 0 Å². The largest absolute Gasteiger partial charge is 0.497 e. The second kappa shape index (κ2) is 7.82. The SMILES string of the molecule is COc1ccc(-c2cc(COc3c(OC)cc(C)cc3OC)on2)cc1. The second-order valence-corrected chi connectivity index (χ2v) is 5.69. The van der Waals surface area contributed by atoms with Crippen LogP contribution in [0.3, 0.4) is 0 Å². The van der Waals surface area contributed by atoms with E-state index in [1.54, 1.807) is 21.3 Å². The van der Waals surface area contributed by atoms with Crippen molar-refractivity contribution in [2.75, 3.05) is 21.3 Å². The van der Waals surface area contributed by atoms with Crippen LogP contribution in [0.15, 0.2) is 47.0 Å². The lowest BCUT2D eigenvalue weighted by molar-refractivity contribution is 0.229. The first-order valence-corrected chi connectivity index (χ1v) is 8.10. The lowest BCUT2D eigenvalue weighted by Gasteiger charge is -2.14. The highest BCUT2D eigenvalue weighted by Gasteiger charge is 2.15. The number of benzene rings is 2. The standard InChI is InChI=1S/C20H21NO5/c1-13-9-18(23-3)20(19(10-13)24-4)25-12-16-11-17(21-26-16)14-5-7-15(22-2)8-6-14/h5-11H,12H2,1-4H3. The molecule has 0 spiro atoms. The number of methoxy groups -OCH3 is 3. The highest BCUT2D eigenvalue weighted by atomic mass is 16.5. The minimum atomic E-state index is 0.207. The van der Waals surface area contributed by atoms with Crippen molar-refractivity contribution in [2.24, 2.45) is 0 Å². The number of hydrogen-bond donors (Lipinski definition) is 0. The molecule has 0 saturated carbocycles. The lowest BCUT2D eigenvalue weighted by Crippen LogP contribution is -2.00. The fraction of sp³-hybridized carbons (Fsp3) is 0.250. The molecular formula is C20H21NO5. The summed E-state index contributed by atoms with van der Waals surface area (Å²) >= 11 is 0. The molecule has 136 valence electrons. The maximum atomic E-state index is 5.87. The second-order valence-electron chi connectivity index (χ2n) is 5.69. The fourth-order valence-corrected chi connectivity index (χ4v) is 2.58. The molecule has 26 heavy (non-hydrogen) atoms. The van der Waals surface area contributed by atoms with Gasteiger partial charge in [-0.3, -0.25) is 0 Å². The van der Waals surface area contributed by atoms with Crippen LogP contribution in [0.2, 0.25) is 0 Å². The van der Waals surface area contributed by atoms with Gasteiger partial charge in [0.1, 0.15) is 18.1 Å².